The van der Waals surface area contributed by atoms with Crippen molar-refractivity contribution in [3.8, 4) is 0 Å². The van der Waals surface area contributed by atoms with E-state index >= 15 is 0 Å². The van der Waals surface area contributed by atoms with Crippen LogP contribution in [-0.4, -0.2) is 43.2 Å². The Morgan fingerprint density at radius 2 is 2.04 bits per heavy atom. The van der Waals surface area contributed by atoms with Crippen molar-refractivity contribution in [1.29, 1.82) is 0 Å². The van der Waals surface area contributed by atoms with E-state index < -0.39 is 0 Å². The van der Waals surface area contributed by atoms with E-state index in [9.17, 15) is 9.59 Å². The molecule has 7 heteroatoms. The fraction of sp³-hybridized carbons (Fsp3) is 0.429. The standard InChI is InChI=1S/C21H25N5O2/c1-3-24-14-18(19(27)17-6-5-15(2)23-20(17)24)21(28)25-11-7-16(8-12-25)13-26-10-4-9-22-26/h4-6,9-10,14,16H,3,7-8,11-13H2,1-2H3. The summed E-state index contributed by atoms with van der Waals surface area (Å²) in [6, 6.07) is 5.52. The number of pyridine rings is 2. The Labute approximate surface area is 163 Å². The number of aryl methyl sites for hydroxylation is 2. The molecule has 0 saturated carbocycles. The first-order valence-corrected chi connectivity index (χ1v) is 9.84. The highest BCUT2D eigenvalue weighted by molar-refractivity contribution is 5.97. The van der Waals surface area contributed by atoms with Gasteiger partial charge in [0.1, 0.15) is 11.2 Å². The Hall–Kier alpha value is -2.96. The van der Waals surface area contributed by atoms with E-state index in [0.29, 0.717) is 36.6 Å². The van der Waals surface area contributed by atoms with Crippen LogP contribution in [0.15, 0.2) is 41.6 Å². The Bertz CT molecular complexity index is 1050. The van der Waals surface area contributed by atoms with Gasteiger partial charge in [0.2, 0.25) is 5.43 Å². The maximum atomic E-state index is 13.1. The van der Waals surface area contributed by atoms with Crippen LogP contribution in [0.1, 0.15) is 35.8 Å². The average Bonchev–Trinajstić information content (AvgIpc) is 3.21. The number of aromatic nitrogens is 4. The van der Waals surface area contributed by atoms with Gasteiger partial charge in [-0.25, -0.2) is 4.98 Å². The van der Waals surface area contributed by atoms with Crippen molar-refractivity contribution in [3.05, 3.63) is 58.3 Å². The molecule has 0 aromatic carbocycles. The van der Waals surface area contributed by atoms with E-state index in [-0.39, 0.29) is 16.9 Å². The first kappa shape index (κ1) is 18.4. The van der Waals surface area contributed by atoms with Crippen LogP contribution in [0.4, 0.5) is 0 Å². The minimum Gasteiger partial charge on any atom is -0.338 e. The Morgan fingerprint density at radius 3 is 2.71 bits per heavy atom. The molecule has 3 aromatic heterocycles. The van der Waals surface area contributed by atoms with Crippen molar-refractivity contribution in [2.24, 2.45) is 5.92 Å². The normalized spacial score (nSPS) is 15.3. The zero-order valence-corrected chi connectivity index (χ0v) is 16.3. The van der Waals surface area contributed by atoms with Gasteiger partial charge in [0.25, 0.3) is 5.91 Å². The molecule has 1 aliphatic rings. The summed E-state index contributed by atoms with van der Waals surface area (Å²) in [4.78, 5) is 32.4. The van der Waals surface area contributed by atoms with E-state index in [2.05, 4.69) is 10.1 Å². The number of likely N-dealkylation sites (tertiary alicyclic amines) is 1. The molecule has 28 heavy (non-hydrogen) atoms. The summed E-state index contributed by atoms with van der Waals surface area (Å²) < 4.78 is 3.84. The summed E-state index contributed by atoms with van der Waals surface area (Å²) in [7, 11) is 0. The summed E-state index contributed by atoms with van der Waals surface area (Å²) in [6.07, 6.45) is 7.27. The number of hydrogen-bond donors (Lipinski definition) is 0. The Kier molecular flexibility index (Phi) is 4.98. The molecule has 1 saturated heterocycles. The minimum atomic E-state index is -0.226. The molecule has 0 spiro atoms. The van der Waals surface area contributed by atoms with Crippen molar-refractivity contribution in [3.63, 3.8) is 0 Å². The lowest BCUT2D eigenvalue weighted by Gasteiger charge is -2.32. The number of amides is 1. The van der Waals surface area contributed by atoms with Crippen molar-refractivity contribution < 1.29 is 4.79 Å². The van der Waals surface area contributed by atoms with Crippen LogP contribution in [0.25, 0.3) is 11.0 Å². The molecule has 1 aliphatic heterocycles. The predicted molar refractivity (Wildman–Crippen MR) is 107 cm³/mol. The number of fused-ring (bicyclic) bond motifs is 1. The molecule has 1 amide bonds. The molecule has 4 heterocycles. The fourth-order valence-electron chi connectivity index (χ4n) is 3.92. The maximum Gasteiger partial charge on any atom is 0.259 e. The molecule has 4 rings (SSSR count). The van der Waals surface area contributed by atoms with Gasteiger partial charge in [-0.2, -0.15) is 5.10 Å². The number of rotatable bonds is 4. The van der Waals surface area contributed by atoms with Gasteiger partial charge in [-0.15, -0.1) is 0 Å². The molecule has 1 fully saturated rings. The molecule has 0 unspecified atom stereocenters. The lowest BCUT2D eigenvalue weighted by molar-refractivity contribution is 0.0679. The van der Waals surface area contributed by atoms with Crippen molar-refractivity contribution in [2.45, 2.75) is 39.8 Å². The van der Waals surface area contributed by atoms with E-state index in [4.69, 9.17) is 0 Å². The molecule has 3 aromatic rings. The predicted octanol–water partition coefficient (Wildman–Crippen LogP) is 2.47. The quantitative estimate of drug-likeness (QED) is 0.698. The number of hydrogen-bond acceptors (Lipinski definition) is 4. The van der Waals surface area contributed by atoms with Crippen LogP contribution in [-0.2, 0) is 13.1 Å². The lowest BCUT2D eigenvalue weighted by Crippen LogP contribution is -2.41. The Morgan fingerprint density at radius 1 is 1.25 bits per heavy atom. The SMILES string of the molecule is CCn1cc(C(=O)N2CCC(Cn3cccn3)CC2)c(=O)c2ccc(C)nc21. The van der Waals surface area contributed by atoms with Crippen molar-refractivity contribution >= 4 is 16.9 Å². The number of carbonyl (C=O) groups is 1. The highest BCUT2D eigenvalue weighted by atomic mass is 16.2. The molecule has 0 N–H and O–H groups in total. The number of carbonyl (C=O) groups excluding carboxylic acids is 1. The third-order valence-electron chi connectivity index (χ3n) is 5.54. The molecule has 7 nitrogen and oxygen atoms in total. The monoisotopic (exact) mass is 379 g/mol. The number of piperidine rings is 1. The zero-order valence-electron chi connectivity index (χ0n) is 16.3. The van der Waals surface area contributed by atoms with Gasteiger partial charge in [-0.1, -0.05) is 0 Å². The molecule has 146 valence electrons. The van der Waals surface area contributed by atoms with Crippen molar-refractivity contribution in [1.82, 2.24) is 24.2 Å². The highest BCUT2D eigenvalue weighted by Crippen LogP contribution is 2.21. The van der Waals surface area contributed by atoms with Crippen LogP contribution >= 0.6 is 0 Å². The van der Waals surface area contributed by atoms with Gasteiger partial charge in [0.15, 0.2) is 0 Å². The first-order valence-electron chi connectivity index (χ1n) is 9.84. The zero-order chi connectivity index (χ0) is 19.7. The van der Waals surface area contributed by atoms with Gasteiger partial charge >= 0.3 is 0 Å². The molecular weight excluding hydrogens is 354 g/mol. The van der Waals surface area contributed by atoms with Crippen LogP contribution in [0.3, 0.4) is 0 Å². The minimum absolute atomic E-state index is 0.174. The largest absolute Gasteiger partial charge is 0.338 e. The molecule has 0 bridgehead atoms. The third-order valence-corrected chi connectivity index (χ3v) is 5.54. The fourth-order valence-corrected chi connectivity index (χ4v) is 3.92. The average molecular weight is 379 g/mol. The summed E-state index contributed by atoms with van der Waals surface area (Å²) in [5.41, 5.74) is 1.51. The summed E-state index contributed by atoms with van der Waals surface area (Å²) in [6.45, 7) is 6.75. The maximum absolute atomic E-state index is 13.1. The van der Waals surface area contributed by atoms with Gasteiger partial charge in [-0.05, 0) is 50.8 Å². The smallest absolute Gasteiger partial charge is 0.259 e. The summed E-state index contributed by atoms with van der Waals surface area (Å²) >= 11 is 0. The van der Waals surface area contributed by atoms with E-state index in [0.717, 1.165) is 25.1 Å². The molecular formula is C21H25N5O2. The second-order valence-corrected chi connectivity index (χ2v) is 7.45. The van der Waals surface area contributed by atoms with Crippen LogP contribution in [0.2, 0.25) is 0 Å². The van der Waals surface area contributed by atoms with Crippen LogP contribution < -0.4 is 5.43 Å². The van der Waals surface area contributed by atoms with E-state index in [1.807, 2.05) is 46.3 Å². The second-order valence-electron chi connectivity index (χ2n) is 7.45. The van der Waals surface area contributed by atoms with Gasteiger partial charge in [-0.3, -0.25) is 14.3 Å². The van der Waals surface area contributed by atoms with Gasteiger partial charge < -0.3 is 9.47 Å². The third kappa shape index (κ3) is 3.44. The summed E-state index contributed by atoms with van der Waals surface area (Å²) in [5, 5.41) is 4.77. The number of nitrogens with zero attached hydrogens (tertiary/aromatic N) is 5. The lowest BCUT2D eigenvalue weighted by atomic mass is 9.96. The van der Waals surface area contributed by atoms with Gasteiger partial charge in [0, 0.05) is 50.5 Å². The topological polar surface area (TPSA) is 73.0 Å². The molecule has 0 radical (unpaired) electrons. The van der Waals surface area contributed by atoms with Gasteiger partial charge in [0.05, 0.1) is 5.39 Å². The van der Waals surface area contributed by atoms with Crippen molar-refractivity contribution in [2.75, 3.05) is 13.1 Å². The first-order chi connectivity index (χ1) is 13.6. The highest BCUT2D eigenvalue weighted by Gasteiger charge is 2.26. The second kappa shape index (κ2) is 7.58. The van der Waals surface area contributed by atoms with E-state index in [1.165, 1.54) is 0 Å². The molecule has 0 aliphatic carbocycles. The van der Waals surface area contributed by atoms with Crippen LogP contribution in [0.5, 0.6) is 0 Å². The summed E-state index contributed by atoms with van der Waals surface area (Å²) in [5.74, 6) is 0.326. The molecule has 0 atom stereocenters. The van der Waals surface area contributed by atoms with E-state index in [1.54, 1.807) is 18.5 Å². The van der Waals surface area contributed by atoms with Crippen LogP contribution in [0, 0.1) is 12.8 Å². The Balaban J connectivity index is 1.55.